The third-order valence-corrected chi connectivity index (χ3v) is 7.41. The predicted molar refractivity (Wildman–Crippen MR) is 132 cm³/mol. The molecule has 3 aromatic rings. The molecule has 2 aliphatic heterocycles. The van der Waals surface area contributed by atoms with Crippen molar-refractivity contribution in [3.63, 3.8) is 0 Å². The van der Waals surface area contributed by atoms with E-state index in [1.807, 2.05) is 41.5 Å². The Labute approximate surface area is 197 Å². The Morgan fingerprint density at radius 1 is 1.24 bits per heavy atom. The largest absolute Gasteiger partial charge is 0.507 e. The van der Waals surface area contributed by atoms with Gasteiger partial charge in [0.15, 0.2) is 0 Å². The monoisotopic (exact) mass is 466 g/mol. The number of amides is 1. The van der Waals surface area contributed by atoms with E-state index >= 15 is 0 Å². The second kappa shape index (κ2) is 9.62. The van der Waals surface area contributed by atoms with Crippen molar-refractivity contribution in [3.8, 4) is 17.0 Å². The number of piperazine rings is 1. The number of phenols is 1. The first-order valence-electron chi connectivity index (χ1n) is 11.6. The molecule has 0 bridgehead atoms. The number of aromatic nitrogens is 2. The number of aryl methyl sites for hydroxylation is 1. The number of thiophene rings is 1. The molecule has 8 nitrogen and oxygen atoms in total. The molecule has 2 saturated heterocycles. The standard InChI is InChI=1S/C24H30N6O2S/c1-16-13-21(27-28-23(16)19-4-5-20-18(24(19)32)6-12-33-20)26-17-3-2-9-29(14-17)15-22(31)30-10-7-25-8-11-30/h4-6,12-13,17,25,32H,2-3,7-11,14-15H2,1H3,(H,26,27). The number of hydrogen-bond acceptors (Lipinski definition) is 8. The highest BCUT2D eigenvalue weighted by Gasteiger charge is 2.25. The Balaban J connectivity index is 1.24. The van der Waals surface area contributed by atoms with Gasteiger partial charge in [-0.2, -0.15) is 0 Å². The number of nitrogens with one attached hydrogen (secondary N) is 2. The molecule has 5 rings (SSSR count). The molecule has 3 N–H and O–H groups in total. The third-order valence-electron chi connectivity index (χ3n) is 6.53. The lowest BCUT2D eigenvalue weighted by Crippen LogP contribution is -2.51. The molecule has 174 valence electrons. The van der Waals surface area contributed by atoms with Gasteiger partial charge in [-0.1, -0.05) is 0 Å². The Bertz CT molecular complexity index is 1140. The molecule has 1 atom stereocenters. The van der Waals surface area contributed by atoms with Gasteiger partial charge in [-0.15, -0.1) is 21.5 Å². The van der Waals surface area contributed by atoms with E-state index in [4.69, 9.17) is 0 Å². The van der Waals surface area contributed by atoms with Gasteiger partial charge < -0.3 is 20.6 Å². The van der Waals surface area contributed by atoms with Crippen molar-refractivity contribution in [2.75, 3.05) is 51.1 Å². The fourth-order valence-electron chi connectivity index (χ4n) is 4.77. The molecule has 0 aliphatic carbocycles. The average Bonchev–Trinajstić information content (AvgIpc) is 3.31. The molecule has 2 aromatic heterocycles. The maximum Gasteiger partial charge on any atom is 0.236 e. The quantitative estimate of drug-likeness (QED) is 0.532. The van der Waals surface area contributed by atoms with E-state index in [1.165, 1.54) is 0 Å². The molecule has 1 unspecified atom stereocenters. The first kappa shape index (κ1) is 22.1. The second-order valence-corrected chi connectivity index (χ2v) is 9.85. The topological polar surface area (TPSA) is 93.6 Å². The number of piperidine rings is 1. The first-order chi connectivity index (χ1) is 16.1. The normalized spacial score (nSPS) is 19.7. The lowest BCUT2D eigenvalue weighted by Gasteiger charge is -2.35. The zero-order valence-electron chi connectivity index (χ0n) is 18.9. The summed E-state index contributed by atoms with van der Waals surface area (Å²) in [6.07, 6.45) is 2.09. The van der Waals surface area contributed by atoms with Crippen LogP contribution in [0.2, 0.25) is 0 Å². The van der Waals surface area contributed by atoms with Gasteiger partial charge in [0.05, 0.1) is 12.2 Å². The van der Waals surface area contributed by atoms with Crippen LogP contribution < -0.4 is 10.6 Å². The summed E-state index contributed by atoms with van der Waals surface area (Å²) in [4.78, 5) is 16.8. The van der Waals surface area contributed by atoms with Crippen molar-refractivity contribution in [2.24, 2.45) is 0 Å². The molecule has 1 amide bonds. The summed E-state index contributed by atoms with van der Waals surface area (Å²) in [5.74, 6) is 1.20. The number of anilines is 1. The maximum atomic E-state index is 12.6. The van der Waals surface area contributed by atoms with Crippen molar-refractivity contribution in [3.05, 3.63) is 35.2 Å². The molecule has 2 aliphatic rings. The van der Waals surface area contributed by atoms with Crippen LogP contribution in [0.1, 0.15) is 18.4 Å². The molecular formula is C24H30N6O2S. The molecule has 0 spiro atoms. The summed E-state index contributed by atoms with van der Waals surface area (Å²) in [5.41, 5.74) is 2.35. The number of rotatable bonds is 5. The zero-order valence-corrected chi connectivity index (χ0v) is 19.7. The van der Waals surface area contributed by atoms with Crippen LogP contribution in [0, 0.1) is 6.92 Å². The van der Waals surface area contributed by atoms with E-state index in [0.717, 1.165) is 73.6 Å². The number of carbonyl (C=O) groups is 1. The van der Waals surface area contributed by atoms with Crippen molar-refractivity contribution in [1.29, 1.82) is 0 Å². The highest BCUT2D eigenvalue weighted by atomic mass is 32.1. The van der Waals surface area contributed by atoms with Crippen molar-refractivity contribution >= 4 is 33.1 Å². The number of hydrogen-bond donors (Lipinski definition) is 3. The Morgan fingerprint density at radius 3 is 2.91 bits per heavy atom. The number of carbonyl (C=O) groups excluding carboxylic acids is 1. The van der Waals surface area contributed by atoms with Crippen LogP contribution >= 0.6 is 11.3 Å². The van der Waals surface area contributed by atoms with Crippen LogP contribution in [0.4, 0.5) is 5.82 Å². The molecule has 33 heavy (non-hydrogen) atoms. The molecule has 0 saturated carbocycles. The fraction of sp³-hybridized carbons (Fsp3) is 0.458. The number of aromatic hydroxyl groups is 1. The third kappa shape index (κ3) is 4.80. The van der Waals surface area contributed by atoms with E-state index < -0.39 is 0 Å². The minimum Gasteiger partial charge on any atom is -0.507 e. The van der Waals surface area contributed by atoms with E-state index in [0.29, 0.717) is 17.8 Å². The number of phenolic OH excluding ortho intramolecular Hbond substituents is 1. The van der Waals surface area contributed by atoms with Gasteiger partial charge in [0, 0.05) is 54.4 Å². The van der Waals surface area contributed by atoms with Gasteiger partial charge in [-0.25, -0.2) is 0 Å². The van der Waals surface area contributed by atoms with E-state index in [9.17, 15) is 9.90 Å². The second-order valence-electron chi connectivity index (χ2n) is 8.90. The summed E-state index contributed by atoms with van der Waals surface area (Å²) in [5, 5.41) is 29.2. The molecule has 9 heteroatoms. The van der Waals surface area contributed by atoms with Gasteiger partial charge in [-0.05, 0) is 61.5 Å². The van der Waals surface area contributed by atoms with Crippen LogP contribution in [0.25, 0.3) is 21.3 Å². The lowest BCUT2D eigenvalue weighted by molar-refractivity contribution is -0.133. The van der Waals surface area contributed by atoms with Gasteiger partial charge in [0.2, 0.25) is 5.91 Å². The van der Waals surface area contributed by atoms with Gasteiger partial charge in [-0.3, -0.25) is 9.69 Å². The molecule has 2 fully saturated rings. The van der Waals surface area contributed by atoms with Crippen molar-refractivity contribution in [2.45, 2.75) is 25.8 Å². The van der Waals surface area contributed by atoms with E-state index in [1.54, 1.807) is 11.3 Å². The lowest BCUT2D eigenvalue weighted by atomic mass is 10.0. The predicted octanol–water partition coefficient (Wildman–Crippen LogP) is 2.68. The first-order valence-corrected chi connectivity index (χ1v) is 12.5. The van der Waals surface area contributed by atoms with E-state index in [2.05, 4.69) is 25.7 Å². The molecule has 1 aromatic carbocycles. The van der Waals surface area contributed by atoms with Crippen LogP contribution in [0.15, 0.2) is 29.6 Å². The number of benzene rings is 1. The number of likely N-dealkylation sites (tertiary alicyclic amines) is 1. The number of fused-ring (bicyclic) bond motifs is 1. The van der Waals surface area contributed by atoms with Crippen LogP contribution in [0.5, 0.6) is 5.75 Å². The maximum absolute atomic E-state index is 12.6. The van der Waals surface area contributed by atoms with Crippen LogP contribution in [0.3, 0.4) is 0 Å². The molecule has 0 radical (unpaired) electrons. The zero-order chi connectivity index (χ0) is 22.8. The fourth-order valence-corrected chi connectivity index (χ4v) is 5.56. The van der Waals surface area contributed by atoms with Crippen LogP contribution in [-0.2, 0) is 4.79 Å². The molecular weight excluding hydrogens is 436 g/mol. The van der Waals surface area contributed by atoms with Crippen molar-refractivity contribution < 1.29 is 9.90 Å². The summed E-state index contributed by atoms with van der Waals surface area (Å²) < 4.78 is 1.05. The van der Waals surface area contributed by atoms with Crippen LogP contribution in [-0.4, -0.2) is 82.9 Å². The number of nitrogens with zero attached hydrogens (tertiary/aromatic N) is 4. The highest BCUT2D eigenvalue weighted by Crippen LogP contribution is 2.38. The molecule has 4 heterocycles. The highest BCUT2D eigenvalue weighted by molar-refractivity contribution is 7.17. The average molecular weight is 467 g/mol. The Morgan fingerprint density at radius 2 is 2.09 bits per heavy atom. The summed E-state index contributed by atoms with van der Waals surface area (Å²) in [7, 11) is 0. The smallest absolute Gasteiger partial charge is 0.236 e. The minimum atomic E-state index is 0.222. The Kier molecular flexibility index (Phi) is 6.43. The van der Waals surface area contributed by atoms with Gasteiger partial charge in [0.25, 0.3) is 0 Å². The summed E-state index contributed by atoms with van der Waals surface area (Å²) in [6.45, 7) is 7.58. The van der Waals surface area contributed by atoms with E-state index in [-0.39, 0.29) is 17.7 Å². The minimum absolute atomic E-state index is 0.222. The van der Waals surface area contributed by atoms with Crippen molar-refractivity contribution in [1.82, 2.24) is 25.3 Å². The summed E-state index contributed by atoms with van der Waals surface area (Å²) in [6, 6.07) is 8.07. The summed E-state index contributed by atoms with van der Waals surface area (Å²) >= 11 is 1.61. The Hall–Kier alpha value is -2.75. The van der Waals surface area contributed by atoms with Gasteiger partial charge in [0.1, 0.15) is 11.6 Å². The van der Waals surface area contributed by atoms with Gasteiger partial charge >= 0.3 is 0 Å². The SMILES string of the molecule is Cc1cc(NC2CCCN(CC(=O)N3CCNCC3)C2)nnc1-c1ccc2sccc2c1O.